The number of benzene rings is 1. The quantitative estimate of drug-likeness (QED) is 0.706. The van der Waals surface area contributed by atoms with Gasteiger partial charge in [-0.2, -0.15) is 0 Å². The second-order valence-electron chi connectivity index (χ2n) is 5.39. The average Bonchev–Trinajstić information content (AvgIpc) is 2.97. The van der Waals surface area contributed by atoms with Crippen molar-refractivity contribution >= 4 is 28.7 Å². The average molecular weight is 322 g/mol. The molecule has 0 fully saturated rings. The third kappa shape index (κ3) is 4.16. The number of carbonyl (C=O) groups is 1. The molecule has 0 bridgehead atoms. The van der Waals surface area contributed by atoms with Crippen molar-refractivity contribution in [1.29, 1.82) is 0 Å². The Morgan fingerprint density at radius 3 is 2.38 bits per heavy atom. The van der Waals surface area contributed by atoms with E-state index < -0.39 is 0 Å². The highest BCUT2D eigenvalue weighted by molar-refractivity contribution is 7.09. The van der Waals surface area contributed by atoms with Crippen molar-refractivity contribution in [2.75, 3.05) is 0 Å². The number of Topliss-reactive ketones (excluding diaryl/α,β-unsaturated/α-hetero) is 1. The van der Waals surface area contributed by atoms with Gasteiger partial charge in [0.15, 0.2) is 5.78 Å². The van der Waals surface area contributed by atoms with E-state index in [9.17, 15) is 4.79 Å². The highest BCUT2D eigenvalue weighted by Gasteiger charge is 2.25. The molecule has 0 aliphatic heterocycles. The number of hydrogen-bond acceptors (Lipinski definition) is 3. The zero-order valence-corrected chi connectivity index (χ0v) is 14.1. The van der Waals surface area contributed by atoms with Crippen LogP contribution in [0, 0.1) is 0 Å². The molecule has 1 aromatic carbocycles. The maximum absolute atomic E-state index is 12.6. The number of thiophene rings is 1. The van der Waals surface area contributed by atoms with Crippen LogP contribution in [0.3, 0.4) is 0 Å². The predicted molar refractivity (Wildman–Crippen MR) is 90.2 cm³/mol. The minimum Gasteiger partial charge on any atom is -0.292 e. The lowest BCUT2D eigenvalue weighted by atomic mass is 10.0. The predicted octanol–water partition coefficient (Wildman–Crippen LogP) is 4.88. The fourth-order valence-corrected chi connectivity index (χ4v) is 3.19. The summed E-state index contributed by atoms with van der Waals surface area (Å²) in [6, 6.07) is 11.4. The summed E-state index contributed by atoms with van der Waals surface area (Å²) in [6.45, 7) is 7.03. The van der Waals surface area contributed by atoms with Crippen LogP contribution < -0.4 is 0 Å². The molecule has 2 nitrogen and oxygen atoms in total. The van der Waals surface area contributed by atoms with Crippen LogP contribution in [0.25, 0.3) is 0 Å². The van der Waals surface area contributed by atoms with Gasteiger partial charge in [-0.15, -0.1) is 11.3 Å². The van der Waals surface area contributed by atoms with Crippen molar-refractivity contribution in [3.8, 4) is 0 Å². The van der Waals surface area contributed by atoms with E-state index in [1.54, 1.807) is 35.6 Å². The minimum absolute atomic E-state index is 0.136. The summed E-state index contributed by atoms with van der Waals surface area (Å²) in [5, 5.41) is 2.72. The molecule has 0 spiro atoms. The van der Waals surface area contributed by atoms with Gasteiger partial charge < -0.3 is 0 Å². The summed E-state index contributed by atoms with van der Waals surface area (Å²) < 4.78 is 0. The molecule has 1 unspecified atom stereocenters. The third-order valence-electron chi connectivity index (χ3n) is 3.59. The maximum atomic E-state index is 12.6. The largest absolute Gasteiger partial charge is 0.292 e. The smallest absolute Gasteiger partial charge is 0.179 e. The highest BCUT2D eigenvalue weighted by Crippen LogP contribution is 2.19. The molecule has 0 N–H and O–H groups in total. The highest BCUT2D eigenvalue weighted by atomic mass is 35.5. The van der Waals surface area contributed by atoms with Gasteiger partial charge in [0, 0.05) is 28.0 Å². The van der Waals surface area contributed by atoms with Crippen LogP contribution in [0.1, 0.15) is 36.0 Å². The van der Waals surface area contributed by atoms with E-state index in [2.05, 4.69) is 30.2 Å². The second kappa shape index (κ2) is 7.21. The number of ketones is 1. The molecule has 1 heterocycles. The van der Waals surface area contributed by atoms with Crippen molar-refractivity contribution in [2.24, 2.45) is 0 Å². The van der Waals surface area contributed by atoms with Crippen LogP contribution in [-0.4, -0.2) is 22.8 Å². The molecular formula is C17H20ClNOS. The molecule has 0 saturated carbocycles. The summed E-state index contributed by atoms with van der Waals surface area (Å²) in [4.78, 5) is 16.2. The van der Waals surface area contributed by atoms with E-state index in [0.717, 1.165) is 6.54 Å². The van der Waals surface area contributed by atoms with Gasteiger partial charge in [-0.1, -0.05) is 17.7 Å². The van der Waals surface area contributed by atoms with Crippen LogP contribution in [0.4, 0.5) is 0 Å². The first-order chi connectivity index (χ1) is 9.99. The van der Waals surface area contributed by atoms with Crippen molar-refractivity contribution in [2.45, 2.75) is 39.4 Å². The SMILES string of the molecule is CC(C)N(Cc1cccs1)C(C)C(=O)c1ccc(Cl)cc1. The van der Waals surface area contributed by atoms with Gasteiger partial charge in [0.25, 0.3) is 0 Å². The fraction of sp³-hybridized carbons (Fsp3) is 0.353. The van der Waals surface area contributed by atoms with E-state index in [0.29, 0.717) is 16.6 Å². The van der Waals surface area contributed by atoms with Gasteiger partial charge in [-0.3, -0.25) is 9.69 Å². The first-order valence-corrected chi connectivity index (χ1v) is 8.32. The van der Waals surface area contributed by atoms with E-state index in [1.807, 2.05) is 13.0 Å². The number of carbonyl (C=O) groups excluding carboxylic acids is 1. The molecule has 0 radical (unpaired) electrons. The molecule has 4 heteroatoms. The molecule has 2 rings (SSSR count). The summed E-state index contributed by atoms with van der Waals surface area (Å²) in [5.74, 6) is 0.136. The van der Waals surface area contributed by atoms with Crippen molar-refractivity contribution < 1.29 is 4.79 Å². The van der Waals surface area contributed by atoms with Crippen LogP contribution in [0.15, 0.2) is 41.8 Å². The molecule has 0 aliphatic rings. The standard InChI is InChI=1S/C17H20ClNOS/c1-12(2)19(11-16-5-4-10-21-16)13(3)17(20)14-6-8-15(18)9-7-14/h4-10,12-13H,11H2,1-3H3. The Morgan fingerprint density at radius 1 is 1.19 bits per heavy atom. The van der Waals surface area contributed by atoms with Crippen molar-refractivity contribution in [3.05, 3.63) is 57.2 Å². The fourth-order valence-electron chi connectivity index (χ4n) is 2.36. The van der Waals surface area contributed by atoms with E-state index in [1.165, 1.54) is 4.88 Å². The number of rotatable bonds is 6. The molecule has 112 valence electrons. The van der Waals surface area contributed by atoms with Crippen molar-refractivity contribution in [1.82, 2.24) is 4.90 Å². The molecular weight excluding hydrogens is 302 g/mol. The Morgan fingerprint density at radius 2 is 1.86 bits per heavy atom. The zero-order chi connectivity index (χ0) is 15.4. The van der Waals surface area contributed by atoms with Gasteiger partial charge in [-0.25, -0.2) is 0 Å². The summed E-state index contributed by atoms with van der Waals surface area (Å²) >= 11 is 7.61. The first kappa shape index (κ1) is 16.2. The zero-order valence-electron chi connectivity index (χ0n) is 12.5. The van der Waals surface area contributed by atoms with Gasteiger partial charge in [-0.05, 0) is 56.5 Å². The molecule has 1 atom stereocenters. The van der Waals surface area contributed by atoms with E-state index >= 15 is 0 Å². The topological polar surface area (TPSA) is 20.3 Å². The Bertz CT molecular complexity index is 577. The summed E-state index contributed by atoms with van der Waals surface area (Å²) in [6.07, 6.45) is 0. The number of halogens is 1. The van der Waals surface area contributed by atoms with E-state index in [4.69, 9.17) is 11.6 Å². The van der Waals surface area contributed by atoms with Crippen molar-refractivity contribution in [3.63, 3.8) is 0 Å². The monoisotopic (exact) mass is 321 g/mol. The third-order valence-corrected chi connectivity index (χ3v) is 4.70. The maximum Gasteiger partial charge on any atom is 0.179 e. The minimum atomic E-state index is -0.159. The Labute approximate surface area is 135 Å². The van der Waals surface area contributed by atoms with Gasteiger partial charge in [0.05, 0.1) is 6.04 Å². The van der Waals surface area contributed by atoms with Gasteiger partial charge in [0.2, 0.25) is 0 Å². The van der Waals surface area contributed by atoms with E-state index in [-0.39, 0.29) is 11.8 Å². The molecule has 0 saturated heterocycles. The van der Waals surface area contributed by atoms with Gasteiger partial charge in [0.1, 0.15) is 0 Å². The van der Waals surface area contributed by atoms with Crippen LogP contribution in [0.5, 0.6) is 0 Å². The lowest BCUT2D eigenvalue weighted by Gasteiger charge is -2.31. The first-order valence-electron chi connectivity index (χ1n) is 7.07. The van der Waals surface area contributed by atoms with Crippen LogP contribution >= 0.6 is 22.9 Å². The lowest BCUT2D eigenvalue weighted by Crippen LogP contribution is -2.42. The number of nitrogens with zero attached hydrogens (tertiary/aromatic N) is 1. The molecule has 0 amide bonds. The Hall–Kier alpha value is -1.16. The normalized spacial score (nSPS) is 12.9. The van der Waals surface area contributed by atoms with Crippen LogP contribution in [-0.2, 0) is 6.54 Å². The second-order valence-corrected chi connectivity index (χ2v) is 6.86. The molecule has 1 aromatic heterocycles. The molecule has 0 aliphatic carbocycles. The summed E-state index contributed by atoms with van der Waals surface area (Å²) in [5.41, 5.74) is 0.712. The Balaban J connectivity index is 2.15. The Kier molecular flexibility index (Phi) is 5.57. The number of hydrogen-bond donors (Lipinski definition) is 0. The molecule has 2 aromatic rings. The molecule has 21 heavy (non-hydrogen) atoms. The van der Waals surface area contributed by atoms with Crippen LogP contribution in [0.2, 0.25) is 5.02 Å². The summed E-state index contributed by atoms with van der Waals surface area (Å²) in [7, 11) is 0. The lowest BCUT2D eigenvalue weighted by molar-refractivity contribution is 0.0775. The van der Waals surface area contributed by atoms with Gasteiger partial charge >= 0.3 is 0 Å².